The minimum Gasteiger partial charge on any atom is -0.250 e. The van der Waals surface area contributed by atoms with Crippen molar-refractivity contribution in [3.05, 3.63) is 0 Å². The van der Waals surface area contributed by atoms with Gasteiger partial charge in [0.05, 0.1) is 13.2 Å². The Kier molecular flexibility index (Phi) is 3.05. The van der Waals surface area contributed by atoms with E-state index < -0.39 is 0 Å². The summed E-state index contributed by atoms with van der Waals surface area (Å²) in [5.41, 5.74) is -0.0734. The van der Waals surface area contributed by atoms with Crippen molar-refractivity contribution in [3.63, 3.8) is 0 Å². The van der Waals surface area contributed by atoms with Gasteiger partial charge in [-0.1, -0.05) is 17.3 Å². The molecule has 1 aliphatic rings. The molecular weight excluding hydrogens is 137 g/mol. The SMILES string of the molecule is CON(F)OC1CCCC1. The number of nitrogens with zero attached hydrogens (tertiary/aromatic N) is 1. The molecule has 0 amide bonds. The monoisotopic (exact) mass is 149 g/mol. The van der Waals surface area contributed by atoms with Crippen LogP contribution in [0.4, 0.5) is 4.48 Å². The van der Waals surface area contributed by atoms with Gasteiger partial charge in [-0.05, 0) is 12.8 Å². The Morgan fingerprint density at radius 1 is 1.40 bits per heavy atom. The van der Waals surface area contributed by atoms with E-state index in [-0.39, 0.29) is 11.6 Å². The molecule has 0 aliphatic heterocycles. The van der Waals surface area contributed by atoms with Crippen molar-refractivity contribution in [1.82, 2.24) is 5.45 Å². The van der Waals surface area contributed by atoms with Crippen LogP contribution in [-0.4, -0.2) is 18.7 Å². The minimum atomic E-state index is -0.0734. The third kappa shape index (κ3) is 2.21. The molecular formula is C6H12FNO2. The van der Waals surface area contributed by atoms with Crippen molar-refractivity contribution >= 4 is 0 Å². The predicted octanol–water partition coefficient (Wildman–Crippen LogP) is 1.61. The summed E-state index contributed by atoms with van der Waals surface area (Å²) in [4.78, 5) is 8.86. The van der Waals surface area contributed by atoms with Crippen LogP contribution in [0.25, 0.3) is 0 Å². The maximum absolute atomic E-state index is 12.2. The van der Waals surface area contributed by atoms with Gasteiger partial charge in [0.2, 0.25) is 0 Å². The molecule has 1 rings (SSSR count). The van der Waals surface area contributed by atoms with E-state index >= 15 is 0 Å². The Labute approximate surface area is 59.6 Å². The highest BCUT2D eigenvalue weighted by atomic mass is 19.2. The first-order valence-electron chi connectivity index (χ1n) is 3.49. The normalized spacial score (nSPS) is 20.7. The highest BCUT2D eigenvalue weighted by Gasteiger charge is 2.19. The fourth-order valence-corrected chi connectivity index (χ4v) is 1.15. The summed E-state index contributed by atoms with van der Waals surface area (Å²) in [5, 5.41) is 0. The van der Waals surface area contributed by atoms with Crippen LogP contribution in [-0.2, 0) is 9.68 Å². The average molecular weight is 149 g/mol. The third-order valence-electron chi connectivity index (χ3n) is 1.68. The lowest BCUT2D eigenvalue weighted by atomic mass is 10.3. The molecule has 0 N–H and O–H groups in total. The molecule has 3 nitrogen and oxygen atoms in total. The molecule has 0 bridgehead atoms. The Bertz CT molecular complexity index is 95.7. The van der Waals surface area contributed by atoms with Gasteiger partial charge in [-0.2, -0.15) is 0 Å². The van der Waals surface area contributed by atoms with E-state index in [4.69, 9.17) is 4.84 Å². The molecule has 10 heavy (non-hydrogen) atoms. The van der Waals surface area contributed by atoms with Gasteiger partial charge in [0.15, 0.2) is 0 Å². The fraction of sp³-hybridized carbons (Fsp3) is 1.00. The van der Waals surface area contributed by atoms with Crippen LogP contribution in [0.1, 0.15) is 25.7 Å². The zero-order chi connectivity index (χ0) is 7.40. The average Bonchev–Trinajstić information content (AvgIpc) is 2.40. The first-order chi connectivity index (χ1) is 4.83. The highest BCUT2D eigenvalue weighted by Crippen LogP contribution is 2.21. The van der Waals surface area contributed by atoms with Gasteiger partial charge in [-0.25, -0.2) is 4.84 Å². The van der Waals surface area contributed by atoms with Crippen LogP contribution < -0.4 is 0 Å². The summed E-state index contributed by atoms with van der Waals surface area (Å²) in [6.45, 7) is 0. The molecule has 4 heteroatoms. The number of halogens is 1. The summed E-state index contributed by atoms with van der Waals surface area (Å²) < 4.78 is 12.2. The van der Waals surface area contributed by atoms with Crippen molar-refractivity contribution in [3.8, 4) is 0 Å². The second-order valence-corrected chi connectivity index (χ2v) is 2.41. The van der Waals surface area contributed by atoms with E-state index in [0.717, 1.165) is 25.7 Å². The molecule has 0 aromatic carbocycles. The van der Waals surface area contributed by atoms with Gasteiger partial charge in [-0.3, -0.25) is 4.84 Å². The Balaban J connectivity index is 2.11. The van der Waals surface area contributed by atoms with Gasteiger partial charge < -0.3 is 0 Å². The van der Waals surface area contributed by atoms with Crippen LogP contribution >= 0.6 is 0 Å². The summed E-state index contributed by atoms with van der Waals surface area (Å²) in [5.74, 6) is 0. The van der Waals surface area contributed by atoms with Crippen LogP contribution in [0, 0.1) is 0 Å². The van der Waals surface area contributed by atoms with Crippen molar-refractivity contribution < 1.29 is 14.2 Å². The molecule has 0 heterocycles. The standard InChI is InChI=1S/C6H12FNO2/c1-9-8(7)10-6-4-2-3-5-6/h6H,2-5H2,1H3. The lowest BCUT2D eigenvalue weighted by Gasteiger charge is -2.12. The maximum atomic E-state index is 12.2. The highest BCUT2D eigenvalue weighted by molar-refractivity contribution is 4.64. The molecule has 1 saturated carbocycles. The lowest BCUT2D eigenvalue weighted by molar-refractivity contribution is -0.468. The molecule has 0 aromatic rings. The predicted molar refractivity (Wildman–Crippen MR) is 33.3 cm³/mol. The minimum absolute atomic E-state index is 0.0185. The van der Waals surface area contributed by atoms with Gasteiger partial charge >= 0.3 is 0 Å². The first kappa shape index (κ1) is 7.91. The zero-order valence-corrected chi connectivity index (χ0v) is 6.05. The molecule has 0 spiro atoms. The Hall–Kier alpha value is -0.190. The first-order valence-corrected chi connectivity index (χ1v) is 3.49. The Morgan fingerprint density at radius 2 is 2.00 bits per heavy atom. The third-order valence-corrected chi connectivity index (χ3v) is 1.68. The fourth-order valence-electron chi connectivity index (χ4n) is 1.15. The number of hydrogen-bond acceptors (Lipinski definition) is 3. The quantitative estimate of drug-likeness (QED) is 0.449. The van der Waals surface area contributed by atoms with Crippen LogP contribution in [0.2, 0.25) is 0 Å². The van der Waals surface area contributed by atoms with E-state index in [2.05, 4.69) is 4.84 Å². The van der Waals surface area contributed by atoms with Crippen LogP contribution in [0.5, 0.6) is 0 Å². The second-order valence-electron chi connectivity index (χ2n) is 2.41. The van der Waals surface area contributed by atoms with Crippen molar-refractivity contribution in [2.75, 3.05) is 7.11 Å². The summed E-state index contributed by atoms with van der Waals surface area (Å²) in [6.07, 6.45) is 4.14. The van der Waals surface area contributed by atoms with Crippen molar-refractivity contribution in [1.29, 1.82) is 0 Å². The molecule has 1 aliphatic carbocycles. The molecule has 0 aromatic heterocycles. The topological polar surface area (TPSA) is 21.7 Å². The van der Waals surface area contributed by atoms with E-state index in [1.807, 2.05) is 0 Å². The Morgan fingerprint density at radius 3 is 2.50 bits per heavy atom. The van der Waals surface area contributed by atoms with Gasteiger partial charge in [0.25, 0.3) is 0 Å². The van der Waals surface area contributed by atoms with E-state index in [1.54, 1.807) is 0 Å². The number of rotatable bonds is 3. The second kappa shape index (κ2) is 3.85. The summed E-state index contributed by atoms with van der Waals surface area (Å²) >= 11 is 0. The molecule has 0 unspecified atom stereocenters. The van der Waals surface area contributed by atoms with Gasteiger partial charge in [-0.15, -0.1) is 0 Å². The molecule has 0 radical (unpaired) electrons. The lowest BCUT2D eigenvalue weighted by Crippen LogP contribution is -2.19. The maximum Gasteiger partial charge on any atom is 0.119 e. The summed E-state index contributed by atoms with van der Waals surface area (Å²) in [6, 6.07) is 0. The number of hydrogen-bond donors (Lipinski definition) is 0. The van der Waals surface area contributed by atoms with E-state index in [1.165, 1.54) is 7.11 Å². The smallest absolute Gasteiger partial charge is 0.119 e. The van der Waals surface area contributed by atoms with Crippen molar-refractivity contribution in [2.24, 2.45) is 0 Å². The van der Waals surface area contributed by atoms with Crippen molar-refractivity contribution in [2.45, 2.75) is 31.8 Å². The molecule has 0 atom stereocenters. The molecule has 60 valence electrons. The zero-order valence-electron chi connectivity index (χ0n) is 6.05. The van der Waals surface area contributed by atoms with Gasteiger partial charge in [0.1, 0.15) is 5.45 Å². The van der Waals surface area contributed by atoms with E-state index in [0.29, 0.717) is 0 Å². The van der Waals surface area contributed by atoms with Crippen LogP contribution in [0.3, 0.4) is 0 Å². The largest absolute Gasteiger partial charge is 0.250 e. The van der Waals surface area contributed by atoms with Gasteiger partial charge in [0, 0.05) is 0 Å². The molecule has 1 fully saturated rings. The molecule has 0 saturated heterocycles. The van der Waals surface area contributed by atoms with Crippen LogP contribution in [0.15, 0.2) is 0 Å². The summed E-state index contributed by atoms with van der Waals surface area (Å²) in [7, 11) is 1.23. The van der Waals surface area contributed by atoms with E-state index in [9.17, 15) is 4.48 Å².